The molecule has 1 unspecified atom stereocenters. The molecular formula is C15H18N4OS. The molecule has 5 nitrogen and oxygen atoms in total. The summed E-state index contributed by atoms with van der Waals surface area (Å²) < 4.78 is 1.53. The molecule has 6 heteroatoms. The topological polar surface area (TPSA) is 59.8 Å². The molecule has 0 radical (unpaired) electrons. The molecule has 3 rings (SSSR count). The van der Waals surface area contributed by atoms with Crippen molar-refractivity contribution in [3.63, 3.8) is 0 Å². The van der Waals surface area contributed by atoms with Crippen LogP contribution in [-0.4, -0.2) is 32.6 Å². The van der Waals surface area contributed by atoms with Crippen molar-refractivity contribution in [2.24, 2.45) is 0 Å². The Bertz CT molecular complexity index is 687. The highest BCUT2D eigenvalue weighted by Gasteiger charge is 2.19. The zero-order valence-corrected chi connectivity index (χ0v) is 13.0. The molecule has 1 aliphatic heterocycles. The summed E-state index contributed by atoms with van der Waals surface area (Å²) >= 11 is 1.86. The van der Waals surface area contributed by atoms with E-state index in [1.807, 2.05) is 43.8 Å². The number of benzene rings is 1. The fourth-order valence-corrected chi connectivity index (χ4v) is 3.52. The predicted octanol–water partition coefficient (Wildman–Crippen LogP) is 1.62. The average Bonchev–Trinajstić information content (AvgIpc) is 2.49. The number of nitrogens with one attached hydrogen (secondary N) is 1. The Morgan fingerprint density at radius 3 is 2.71 bits per heavy atom. The number of aromatic nitrogens is 3. The van der Waals surface area contributed by atoms with Crippen molar-refractivity contribution in [1.29, 1.82) is 0 Å². The minimum absolute atomic E-state index is 0.0732. The largest absolute Gasteiger partial charge is 0.355 e. The maximum atomic E-state index is 12.4. The van der Waals surface area contributed by atoms with E-state index in [2.05, 4.69) is 15.3 Å². The van der Waals surface area contributed by atoms with E-state index in [1.165, 1.54) is 4.57 Å². The minimum Gasteiger partial charge on any atom is -0.306 e. The summed E-state index contributed by atoms with van der Waals surface area (Å²) in [6.45, 7) is 4.91. The van der Waals surface area contributed by atoms with Crippen LogP contribution in [0.1, 0.15) is 23.0 Å². The van der Waals surface area contributed by atoms with E-state index in [9.17, 15) is 4.79 Å². The summed E-state index contributed by atoms with van der Waals surface area (Å²) in [5, 5.41) is 3.35. The highest BCUT2D eigenvalue weighted by molar-refractivity contribution is 7.99. The van der Waals surface area contributed by atoms with Gasteiger partial charge in [-0.05, 0) is 25.0 Å². The van der Waals surface area contributed by atoms with Gasteiger partial charge in [-0.25, -0.2) is 9.78 Å². The number of hydrogen-bond donors (Lipinski definition) is 1. The summed E-state index contributed by atoms with van der Waals surface area (Å²) in [5.74, 6) is 2.60. The molecule has 2 aromatic rings. The van der Waals surface area contributed by atoms with Crippen LogP contribution in [-0.2, 0) is 0 Å². The van der Waals surface area contributed by atoms with E-state index >= 15 is 0 Å². The van der Waals surface area contributed by atoms with Crippen molar-refractivity contribution in [3.05, 3.63) is 52.0 Å². The summed E-state index contributed by atoms with van der Waals surface area (Å²) in [6.07, 6.45) is 1.60. The average molecular weight is 302 g/mol. The molecule has 1 aromatic heterocycles. The van der Waals surface area contributed by atoms with E-state index in [4.69, 9.17) is 0 Å². The van der Waals surface area contributed by atoms with Gasteiger partial charge in [-0.2, -0.15) is 16.7 Å². The Morgan fingerprint density at radius 1 is 1.33 bits per heavy atom. The molecule has 1 N–H and O–H groups in total. The Morgan fingerprint density at radius 2 is 2.10 bits per heavy atom. The lowest BCUT2D eigenvalue weighted by Crippen LogP contribution is -2.34. The first kappa shape index (κ1) is 14.3. The fourth-order valence-electron chi connectivity index (χ4n) is 2.59. The van der Waals surface area contributed by atoms with Gasteiger partial charge in [0.15, 0.2) is 5.82 Å². The summed E-state index contributed by atoms with van der Waals surface area (Å²) in [4.78, 5) is 20.9. The summed E-state index contributed by atoms with van der Waals surface area (Å²) in [5.41, 5.74) is 2.69. The normalized spacial score (nSPS) is 18.7. The van der Waals surface area contributed by atoms with Gasteiger partial charge in [-0.3, -0.25) is 4.57 Å². The smallest absolute Gasteiger partial charge is 0.306 e. The van der Waals surface area contributed by atoms with Crippen molar-refractivity contribution in [1.82, 2.24) is 19.9 Å². The van der Waals surface area contributed by atoms with E-state index in [0.29, 0.717) is 5.82 Å². The van der Waals surface area contributed by atoms with Crippen molar-refractivity contribution >= 4 is 11.8 Å². The third-order valence-corrected chi connectivity index (χ3v) is 4.70. The fraction of sp³-hybridized carbons (Fsp3) is 0.400. The molecule has 1 saturated heterocycles. The summed E-state index contributed by atoms with van der Waals surface area (Å²) in [6, 6.07) is 6.03. The van der Waals surface area contributed by atoms with Gasteiger partial charge >= 0.3 is 5.69 Å². The van der Waals surface area contributed by atoms with E-state index in [-0.39, 0.29) is 11.7 Å². The molecule has 110 valence electrons. The highest BCUT2D eigenvalue weighted by atomic mass is 32.2. The van der Waals surface area contributed by atoms with Crippen LogP contribution in [0.25, 0.3) is 5.69 Å². The van der Waals surface area contributed by atoms with E-state index in [0.717, 1.165) is 34.9 Å². The van der Waals surface area contributed by atoms with Crippen LogP contribution >= 0.6 is 11.8 Å². The second-order valence-electron chi connectivity index (χ2n) is 5.19. The van der Waals surface area contributed by atoms with Gasteiger partial charge in [0.2, 0.25) is 0 Å². The SMILES string of the molecule is Cc1cccc(C)c1-n1cnc(C2CSCCN2)nc1=O. The van der Waals surface area contributed by atoms with Crippen LogP contribution < -0.4 is 11.0 Å². The van der Waals surface area contributed by atoms with Gasteiger partial charge in [0, 0.05) is 18.1 Å². The molecule has 1 atom stereocenters. The third kappa shape index (κ3) is 2.87. The molecule has 0 aliphatic carbocycles. The molecule has 1 aliphatic rings. The molecule has 1 aromatic carbocycles. The molecule has 0 saturated carbocycles. The molecule has 0 spiro atoms. The lowest BCUT2D eigenvalue weighted by Gasteiger charge is -2.21. The first-order valence-electron chi connectivity index (χ1n) is 7.00. The van der Waals surface area contributed by atoms with Crippen molar-refractivity contribution < 1.29 is 0 Å². The lowest BCUT2D eigenvalue weighted by molar-refractivity contribution is 0.554. The van der Waals surface area contributed by atoms with Gasteiger partial charge in [-0.1, -0.05) is 18.2 Å². The second-order valence-corrected chi connectivity index (χ2v) is 6.34. The highest BCUT2D eigenvalue weighted by Crippen LogP contribution is 2.19. The Labute approximate surface area is 127 Å². The number of aryl methyl sites for hydroxylation is 2. The molecule has 1 fully saturated rings. The first-order valence-corrected chi connectivity index (χ1v) is 8.15. The molecule has 0 bridgehead atoms. The number of nitrogens with zero attached hydrogens (tertiary/aromatic N) is 3. The van der Waals surface area contributed by atoms with Gasteiger partial charge in [0.1, 0.15) is 6.33 Å². The zero-order valence-electron chi connectivity index (χ0n) is 12.2. The van der Waals surface area contributed by atoms with Gasteiger partial charge in [-0.15, -0.1) is 0 Å². The first-order chi connectivity index (χ1) is 10.2. The second kappa shape index (κ2) is 5.99. The van der Waals surface area contributed by atoms with Crippen LogP contribution in [0.5, 0.6) is 0 Å². The number of rotatable bonds is 2. The molecular weight excluding hydrogens is 284 g/mol. The lowest BCUT2D eigenvalue weighted by atomic mass is 10.1. The Balaban J connectivity index is 2.00. The Hall–Kier alpha value is -1.66. The van der Waals surface area contributed by atoms with Crippen LogP contribution in [0.15, 0.2) is 29.3 Å². The van der Waals surface area contributed by atoms with Crippen LogP contribution in [0.2, 0.25) is 0 Å². The van der Waals surface area contributed by atoms with Crippen LogP contribution in [0.4, 0.5) is 0 Å². The summed E-state index contributed by atoms with van der Waals surface area (Å²) in [7, 11) is 0. The number of hydrogen-bond acceptors (Lipinski definition) is 5. The van der Waals surface area contributed by atoms with Gasteiger partial charge in [0.25, 0.3) is 0 Å². The third-order valence-electron chi connectivity index (χ3n) is 3.64. The molecule has 0 amide bonds. The number of para-hydroxylation sites is 1. The number of thioether (sulfide) groups is 1. The van der Waals surface area contributed by atoms with Crippen molar-refractivity contribution in [3.8, 4) is 5.69 Å². The maximum Gasteiger partial charge on any atom is 0.355 e. The maximum absolute atomic E-state index is 12.4. The van der Waals surface area contributed by atoms with Gasteiger partial charge in [0.05, 0.1) is 11.7 Å². The van der Waals surface area contributed by atoms with Crippen molar-refractivity contribution in [2.45, 2.75) is 19.9 Å². The molecule has 21 heavy (non-hydrogen) atoms. The molecule has 2 heterocycles. The quantitative estimate of drug-likeness (QED) is 0.913. The van der Waals surface area contributed by atoms with Crippen LogP contribution in [0, 0.1) is 13.8 Å². The predicted molar refractivity (Wildman–Crippen MR) is 85.2 cm³/mol. The standard InChI is InChI=1S/C15H18N4OS/c1-10-4-3-5-11(2)13(10)19-9-17-14(18-15(19)20)12-8-21-7-6-16-12/h3-5,9,12,16H,6-8H2,1-2H3. The minimum atomic E-state index is -0.269. The zero-order chi connectivity index (χ0) is 14.8. The Kier molecular flexibility index (Phi) is 4.07. The van der Waals surface area contributed by atoms with Gasteiger partial charge < -0.3 is 5.32 Å². The van der Waals surface area contributed by atoms with Crippen molar-refractivity contribution in [2.75, 3.05) is 18.1 Å². The van der Waals surface area contributed by atoms with E-state index < -0.39 is 0 Å². The monoisotopic (exact) mass is 302 g/mol. The van der Waals surface area contributed by atoms with Crippen LogP contribution in [0.3, 0.4) is 0 Å². The van der Waals surface area contributed by atoms with E-state index in [1.54, 1.807) is 6.33 Å².